The smallest absolute Gasteiger partial charge is 0.235 e. The summed E-state index contributed by atoms with van der Waals surface area (Å²) in [6.45, 7) is 4.17. The van der Waals surface area contributed by atoms with Crippen LogP contribution >= 0.6 is 15.9 Å². The molecule has 5 nitrogen and oxygen atoms in total. The number of carbonyl (C=O) groups excluding carboxylic acids is 1. The van der Waals surface area contributed by atoms with Crippen molar-refractivity contribution in [2.24, 2.45) is 0 Å². The monoisotopic (exact) mass is 286 g/mol. The van der Waals surface area contributed by atoms with Gasteiger partial charge in [0.05, 0.1) is 6.54 Å². The Balaban J connectivity index is 4.38. The van der Waals surface area contributed by atoms with E-state index in [-0.39, 0.29) is 17.1 Å². The van der Waals surface area contributed by atoms with Gasteiger partial charge in [-0.1, -0.05) is 22.9 Å². The number of rotatable bonds is 6. The fourth-order valence-electron chi connectivity index (χ4n) is 0.889. The summed E-state index contributed by atoms with van der Waals surface area (Å²) in [6, 6.07) is 0. The van der Waals surface area contributed by atoms with Crippen LogP contribution in [-0.4, -0.2) is 42.9 Å². The summed E-state index contributed by atoms with van der Waals surface area (Å²) in [6.07, 6.45) is 0. The largest absolute Gasteiger partial charge is 0.355 e. The minimum Gasteiger partial charge on any atom is -0.355 e. The lowest BCUT2D eigenvalue weighted by atomic mass is 10.5. The Morgan fingerprint density at radius 2 is 2.00 bits per heavy atom. The molecule has 0 rings (SSSR count). The second kappa shape index (κ2) is 6.36. The molecule has 0 aliphatic carbocycles. The van der Waals surface area contributed by atoms with Crippen LogP contribution < -0.4 is 5.32 Å². The van der Waals surface area contributed by atoms with Gasteiger partial charge < -0.3 is 5.32 Å². The zero-order valence-corrected chi connectivity index (χ0v) is 10.7. The van der Waals surface area contributed by atoms with Crippen molar-refractivity contribution in [1.82, 2.24) is 9.62 Å². The van der Waals surface area contributed by atoms with Crippen LogP contribution in [0.5, 0.6) is 0 Å². The summed E-state index contributed by atoms with van der Waals surface area (Å²) >= 11 is 2.88. The molecule has 0 aromatic heterocycles. The molecule has 84 valence electrons. The van der Waals surface area contributed by atoms with Crippen LogP contribution in [0.25, 0.3) is 0 Å². The Hall–Kier alpha value is -0.140. The molecule has 0 saturated carbocycles. The van der Waals surface area contributed by atoms with Crippen LogP contribution in [-0.2, 0) is 14.8 Å². The minimum absolute atomic E-state index is 0.113. The summed E-state index contributed by atoms with van der Waals surface area (Å²) in [5, 5.41) is 2.55. The lowest BCUT2D eigenvalue weighted by Crippen LogP contribution is -2.40. The zero-order valence-electron chi connectivity index (χ0n) is 8.29. The first kappa shape index (κ1) is 13.9. The number of hydrogen-bond donors (Lipinski definition) is 1. The first-order chi connectivity index (χ1) is 6.47. The van der Waals surface area contributed by atoms with Crippen molar-refractivity contribution in [3.05, 3.63) is 0 Å². The molecule has 1 N–H and O–H groups in total. The maximum atomic E-state index is 11.4. The van der Waals surface area contributed by atoms with Gasteiger partial charge in [0.25, 0.3) is 0 Å². The van der Waals surface area contributed by atoms with Gasteiger partial charge >= 0.3 is 0 Å². The molecule has 0 fully saturated rings. The second-order valence-corrected chi connectivity index (χ2v) is 5.87. The van der Waals surface area contributed by atoms with Crippen molar-refractivity contribution in [2.45, 2.75) is 13.8 Å². The van der Waals surface area contributed by atoms with Crippen LogP contribution in [0.15, 0.2) is 0 Å². The third-order valence-electron chi connectivity index (χ3n) is 1.58. The van der Waals surface area contributed by atoms with E-state index in [9.17, 15) is 13.2 Å². The number of likely N-dealkylation sites (N-methyl/N-ethyl adjacent to an activating group) is 2. The van der Waals surface area contributed by atoms with Crippen molar-refractivity contribution >= 4 is 31.9 Å². The van der Waals surface area contributed by atoms with Gasteiger partial charge in [-0.15, -0.1) is 0 Å². The molecular weight excluding hydrogens is 272 g/mol. The maximum Gasteiger partial charge on any atom is 0.235 e. The fourth-order valence-corrected chi connectivity index (χ4v) is 2.60. The molecule has 14 heavy (non-hydrogen) atoms. The third kappa shape index (κ3) is 4.39. The Kier molecular flexibility index (Phi) is 6.30. The molecule has 0 aliphatic heterocycles. The average molecular weight is 287 g/mol. The molecule has 0 aliphatic rings. The van der Waals surface area contributed by atoms with E-state index < -0.39 is 10.0 Å². The number of nitrogens with zero attached hydrogens (tertiary/aromatic N) is 1. The SMILES string of the molecule is CCNC(=O)CN(CC)S(=O)(=O)CBr. The predicted octanol–water partition coefficient (Wildman–Crippen LogP) is 0.127. The molecule has 1 amide bonds. The molecule has 0 unspecified atom stereocenters. The van der Waals surface area contributed by atoms with Crippen molar-refractivity contribution in [3.8, 4) is 0 Å². The topological polar surface area (TPSA) is 66.5 Å². The number of hydrogen-bond acceptors (Lipinski definition) is 3. The first-order valence-corrected chi connectivity index (χ1v) is 7.01. The van der Waals surface area contributed by atoms with Gasteiger partial charge in [0.15, 0.2) is 0 Å². The standard InChI is InChI=1S/C7H15BrN2O3S/c1-3-9-7(11)5-10(4-2)14(12,13)6-8/h3-6H2,1-2H3,(H,9,11). The average Bonchev–Trinajstić information content (AvgIpc) is 2.14. The normalized spacial score (nSPS) is 11.7. The predicted molar refractivity (Wildman–Crippen MR) is 58.6 cm³/mol. The van der Waals surface area contributed by atoms with E-state index in [1.807, 2.05) is 0 Å². The van der Waals surface area contributed by atoms with Gasteiger partial charge in [0.2, 0.25) is 15.9 Å². The van der Waals surface area contributed by atoms with E-state index in [2.05, 4.69) is 21.2 Å². The maximum absolute atomic E-state index is 11.4. The van der Waals surface area contributed by atoms with Crippen molar-refractivity contribution in [3.63, 3.8) is 0 Å². The van der Waals surface area contributed by atoms with Gasteiger partial charge in [-0.2, -0.15) is 4.31 Å². The Morgan fingerprint density at radius 1 is 1.43 bits per heavy atom. The highest BCUT2D eigenvalue weighted by atomic mass is 79.9. The molecule has 0 saturated heterocycles. The highest BCUT2D eigenvalue weighted by Crippen LogP contribution is 2.03. The minimum atomic E-state index is -3.33. The number of nitrogens with one attached hydrogen (secondary N) is 1. The second-order valence-electron chi connectivity index (χ2n) is 2.60. The highest BCUT2D eigenvalue weighted by Gasteiger charge is 2.21. The van der Waals surface area contributed by atoms with Crippen molar-refractivity contribution < 1.29 is 13.2 Å². The lowest BCUT2D eigenvalue weighted by molar-refractivity contribution is -0.121. The summed E-state index contributed by atoms with van der Waals surface area (Å²) in [7, 11) is -3.33. The number of halogens is 1. The highest BCUT2D eigenvalue weighted by molar-refractivity contribution is 9.10. The van der Waals surface area contributed by atoms with E-state index in [0.717, 1.165) is 4.31 Å². The quantitative estimate of drug-likeness (QED) is 0.706. The van der Waals surface area contributed by atoms with E-state index >= 15 is 0 Å². The molecular formula is C7H15BrN2O3S. The third-order valence-corrected chi connectivity index (χ3v) is 4.76. The van der Waals surface area contributed by atoms with Crippen molar-refractivity contribution in [2.75, 3.05) is 24.3 Å². The van der Waals surface area contributed by atoms with E-state index in [0.29, 0.717) is 13.1 Å². The molecule has 0 spiro atoms. The van der Waals surface area contributed by atoms with Crippen LogP contribution in [0.3, 0.4) is 0 Å². The first-order valence-electron chi connectivity index (χ1n) is 4.28. The number of carbonyl (C=O) groups is 1. The molecule has 0 bridgehead atoms. The Labute approximate surface area is 93.0 Å². The zero-order chi connectivity index (χ0) is 11.2. The van der Waals surface area contributed by atoms with Crippen LogP contribution in [0.1, 0.15) is 13.8 Å². The summed E-state index contributed by atoms with van der Waals surface area (Å²) in [4.78, 5) is 11.1. The van der Waals surface area contributed by atoms with Gasteiger partial charge in [-0.25, -0.2) is 8.42 Å². The molecule has 7 heteroatoms. The van der Waals surface area contributed by atoms with E-state index in [4.69, 9.17) is 0 Å². The van der Waals surface area contributed by atoms with Crippen LogP contribution in [0.4, 0.5) is 0 Å². The molecule has 0 radical (unpaired) electrons. The Morgan fingerprint density at radius 3 is 2.36 bits per heavy atom. The van der Waals surface area contributed by atoms with Gasteiger partial charge in [0.1, 0.15) is 4.66 Å². The van der Waals surface area contributed by atoms with Gasteiger partial charge in [-0.05, 0) is 6.92 Å². The van der Waals surface area contributed by atoms with E-state index in [1.165, 1.54) is 0 Å². The number of amides is 1. The Bertz CT molecular complexity index is 279. The molecule has 0 atom stereocenters. The molecule has 0 aromatic rings. The van der Waals surface area contributed by atoms with Crippen LogP contribution in [0, 0.1) is 0 Å². The summed E-state index contributed by atoms with van der Waals surface area (Å²) < 4.78 is 23.7. The lowest BCUT2D eigenvalue weighted by Gasteiger charge is -2.17. The molecule has 0 heterocycles. The van der Waals surface area contributed by atoms with E-state index in [1.54, 1.807) is 13.8 Å². The van der Waals surface area contributed by atoms with Crippen molar-refractivity contribution in [1.29, 1.82) is 0 Å². The number of alkyl halides is 1. The summed E-state index contributed by atoms with van der Waals surface area (Å²) in [5.74, 6) is -0.279. The fraction of sp³-hybridized carbons (Fsp3) is 0.857. The van der Waals surface area contributed by atoms with Gasteiger partial charge in [0, 0.05) is 13.1 Å². The van der Waals surface area contributed by atoms with Crippen LogP contribution in [0.2, 0.25) is 0 Å². The van der Waals surface area contributed by atoms with Gasteiger partial charge in [-0.3, -0.25) is 4.79 Å². The summed E-state index contributed by atoms with van der Waals surface area (Å²) in [5.41, 5.74) is 0. The number of sulfonamides is 1. The molecule has 0 aromatic carbocycles.